The Bertz CT molecular complexity index is 687. The van der Waals surface area contributed by atoms with Gasteiger partial charge in [0.1, 0.15) is 0 Å². The molecular formula is C16H21N7. The van der Waals surface area contributed by atoms with Crippen LogP contribution in [-0.2, 0) is 6.42 Å². The summed E-state index contributed by atoms with van der Waals surface area (Å²) in [5.74, 6) is 1.50. The Hall–Kier alpha value is -2.70. The first-order valence-electron chi connectivity index (χ1n) is 7.94. The zero-order valence-corrected chi connectivity index (χ0v) is 13.4. The van der Waals surface area contributed by atoms with Gasteiger partial charge in [-0.2, -0.15) is 20.1 Å². The SMILES string of the molecule is CCNc1nc(NCC)nc(N/N=C2\CCc3ccccc32)n1. The van der Waals surface area contributed by atoms with Crippen molar-refractivity contribution < 1.29 is 0 Å². The van der Waals surface area contributed by atoms with Crippen molar-refractivity contribution in [2.24, 2.45) is 5.10 Å². The van der Waals surface area contributed by atoms with Gasteiger partial charge in [0.05, 0.1) is 5.71 Å². The van der Waals surface area contributed by atoms with Gasteiger partial charge in [0, 0.05) is 18.7 Å². The van der Waals surface area contributed by atoms with Crippen LogP contribution in [0.5, 0.6) is 0 Å². The maximum atomic E-state index is 4.50. The third kappa shape index (κ3) is 3.56. The number of anilines is 3. The first kappa shape index (κ1) is 15.2. The number of aryl methyl sites for hydroxylation is 1. The molecule has 3 N–H and O–H groups in total. The number of fused-ring (bicyclic) bond motifs is 1. The van der Waals surface area contributed by atoms with Gasteiger partial charge in [-0.3, -0.25) is 0 Å². The average Bonchev–Trinajstić information content (AvgIpc) is 2.97. The minimum Gasteiger partial charge on any atom is -0.354 e. The highest BCUT2D eigenvalue weighted by atomic mass is 15.4. The van der Waals surface area contributed by atoms with Gasteiger partial charge >= 0.3 is 0 Å². The Labute approximate surface area is 135 Å². The quantitative estimate of drug-likeness (QED) is 0.711. The van der Waals surface area contributed by atoms with Gasteiger partial charge in [0.25, 0.3) is 0 Å². The molecule has 1 aromatic carbocycles. The molecule has 0 bridgehead atoms. The summed E-state index contributed by atoms with van der Waals surface area (Å²) < 4.78 is 0. The molecule has 0 radical (unpaired) electrons. The van der Waals surface area contributed by atoms with Crippen LogP contribution < -0.4 is 16.1 Å². The van der Waals surface area contributed by atoms with Gasteiger partial charge < -0.3 is 10.6 Å². The molecule has 0 aliphatic heterocycles. The van der Waals surface area contributed by atoms with E-state index in [1.54, 1.807) is 0 Å². The molecular weight excluding hydrogens is 290 g/mol. The Morgan fingerprint density at radius 3 is 2.26 bits per heavy atom. The Morgan fingerprint density at radius 1 is 0.913 bits per heavy atom. The second-order valence-electron chi connectivity index (χ2n) is 5.19. The van der Waals surface area contributed by atoms with Gasteiger partial charge in [-0.15, -0.1) is 0 Å². The molecule has 3 rings (SSSR count). The van der Waals surface area contributed by atoms with Crippen LogP contribution in [0.1, 0.15) is 31.4 Å². The van der Waals surface area contributed by atoms with Crippen molar-refractivity contribution in [3.63, 3.8) is 0 Å². The summed E-state index contributed by atoms with van der Waals surface area (Å²) in [4.78, 5) is 13.0. The predicted octanol–water partition coefficient (Wildman–Crippen LogP) is 2.50. The number of nitrogens with zero attached hydrogens (tertiary/aromatic N) is 4. The number of hydrazone groups is 1. The maximum absolute atomic E-state index is 4.50. The first-order valence-corrected chi connectivity index (χ1v) is 7.94. The Morgan fingerprint density at radius 2 is 1.57 bits per heavy atom. The smallest absolute Gasteiger partial charge is 0.250 e. The minimum atomic E-state index is 0.434. The molecule has 1 aromatic heterocycles. The van der Waals surface area contributed by atoms with Crippen molar-refractivity contribution in [3.05, 3.63) is 35.4 Å². The summed E-state index contributed by atoms with van der Waals surface area (Å²) in [6.07, 6.45) is 1.96. The first-order chi connectivity index (χ1) is 11.3. The fourth-order valence-electron chi connectivity index (χ4n) is 2.54. The molecule has 0 amide bonds. The number of hydrogen-bond donors (Lipinski definition) is 3. The Kier molecular flexibility index (Phi) is 4.65. The summed E-state index contributed by atoms with van der Waals surface area (Å²) in [6, 6.07) is 8.35. The lowest BCUT2D eigenvalue weighted by atomic mass is 10.1. The molecule has 0 unspecified atom stereocenters. The monoisotopic (exact) mass is 311 g/mol. The van der Waals surface area contributed by atoms with E-state index in [-0.39, 0.29) is 0 Å². The van der Waals surface area contributed by atoms with E-state index in [9.17, 15) is 0 Å². The van der Waals surface area contributed by atoms with Crippen LogP contribution in [0.15, 0.2) is 29.4 Å². The van der Waals surface area contributed by atoms with Gasteiger partial charge in [-0.05, 0) is 32.3 Å². The summed E-state index contributed by atoms with van der Waals surface area (Å²) in [5.41, 5.74) is 6.55. The Balaban J connectivity index is 1.81. The van der Waals surface area contributed by atoms with Crippen molar-refractivity contribution in [1.29, 1.82) is 0 Å². The molecule has 0 fully saturated rings. The average molecular weight is 311 g/mol. The third-order valence-electron chi connectivity index (χ3n) is 3.56. The van der Waals surface area contributed by atoms with Crippen molar-refractivity contribution >= 4 is 23.6 Å². The molecule has 2 aromatic rings. The van der Waals surface area contributed by atoms with Gasteiger partial charge in [-0.1, -0.05) is 24.3 Å². The minimum absolute atomic E-state index is 0.434. The highest BCUT2D eigenvalue weighted by molar-refractivity contribution is 6.04. The summed E-state index contributed by atoms with van der Waals surface area (Å²) in [7, 11) is 0. The van der Waals surface area contributed by atoms with E-state index in [1.165, 1.54) is 11.1 Å². The van der Waals surface area contributed by atoms with E-state index in [1.807, 2.05) is 19.9 Å². The molecule has 0 saturated heterocycles. The number of rotatable bonds is 6. The number of hydrogen-bond acceptors (Lipinski definition) is 7. The largest absolute Gasteiger partial charge is 0.354 e. The zero-order chi connectivity index (χ0) is 16.1. The fraction of sp³-hybridized carbons (Fsp3) is 0.375. The lowest BCUT2D eigenvalue weighted by molar-refractivity contribution is 0.989. The van der Waals surface area contributed by atoms with Crippen LogP contribution in [0.3, 0.4) is 0 Å². The van der Waals surface area contributed by atoms with Crippen molar-refractivity contribution in [2.45, 2.75) is 26.7 Å². The van der Waals surface area contributed by atoms with Crippen molar-refractivity contribution in [3.8, 4) is 0 Å². The molecule has 120 valence electrons. The number of benzene rings is 1. The molecule has 1 aliphatic carbocycles. The molecule has 23 heavy (non-hydrogen) atoms. The predicted molar refractivity (Wildman–Crippen MR) is 93.1 cm³/mol. The lowest BCUT2D eigenvalue weighted by Gasteiger charge is -2.08. The molecule has 1 aliphatic rings. The fourth-order valence-corrected chi connectivity index (χ4v) is 2.54. The summed E-state index contributed by atoms with van der Waals surface area (Å²) in [5, 5.41) is 10.7. The summed E-state index contributed by atoms with van der Waals surface area (Å²) in [6.45, 7) is 5.49. The van der Waals surface area contributed by atoms with Crippen molar-refractivity contribution in [1.82, 2.24) is 15.0 Å². The summed E-state index contributed by atoms with van der Waals surface area (Å²) >= 11 is 0. The van der Waals surface area contributed by atoms with E-state index in [0.717, 1.165) is 31.6 Å². The maximum Gasteiger partial charge on any atom is 0.250 e. The van der Waals surface area contributed by atoms with Crippen LogP contribution in [0.25, 0.3) is 0 Å². The number of nitrogens with one attached hydrogen (secondary N) is 3. The van der Waals surface area contributed by atoms with E-state index >= 15 is 0 Å². The topological polar surface area (TPSA) is 87.1 Å². The molecule has 1 heterocycles. The van der Waals surface area contributed by atoms with Crippen LogP contribution in [-0.4, -0.2) is 33.8 Å². The van der Waals surface area contributed by atoms with E-state index < -0.39 is 0 Å². The van der Waals surface area contributed by atoms with Crippen LogP contribution in [0.2, 0.25) is 0 Å². The molecule has 0 atom stereocenters. The van der Waals surface area contributed by atoms with Gasteiger partial charge in [0.2, 0.25) is 17.8 Å². The van der Waals surface area contributed by atoms with E-state index in [4.69, 9.17) is 0 Å². The highest BCUT2D eigenvalue weighted by Gasteiger charge is 2.17. The molecule has 7 heteroatoms. The molecule has 0 saturated carbocycles. The lowest BCUT2D eigenvalue weighted by Crippen LogP contribution is -2.11. The van der Waals surface area contributed by atoms with E-state index in [2.05, 4.69) is 54.3 Å². The molecule has 0 spiro atoms. The van der Waals surface area contributed by atoms with E-state index in [0.29, 0.717) is 17.8 Å². The van der Waals surface area contributed by atoms with Crippen molar-refractivity contribution in [2.75, 3.05) is 29.1 Å². The third-order valence-corrected chi connectivity index (χ3v) is 3.56. The molecule has 7 nitrogen and oxygen atoms in total. The zero-order valence-electron chi connectivity index (χ0n) is 13.4. The number of aromatic nitrogens is 3. The van der Waals surface area contributed by atoms with Crippen LogP contribution >= 0.6 is 0 Å². The van der Waals surface area contributed by atoms with Gasteiger partial charge in [0.15, 0.2) is 0 Å². The van der Waals surface area contributed by atoms with Gasteiger partial charge in [-0.25, -0.2) is 5.43 Å². The normalized spacial score (nSPS) is 14.6. The second kappa shape index (κ2) is 7.04. The standard InChI is InChI=1S/C16H21N7/c1-3-17-14-19-15(18-4-2)21-16(20-14)23-22-13-10-9-11-7-5-6-8-12(11)13/h5-8H,3-4,9-10H2,1-2H3,(H3,17,18,19,20,21,23)/b22-13+. The second-order valence-corrected chi connectivity index (χ2v) is 5.19. The van der Waals surface area contributed by atoms with Crippen LogP contribution in [0.4, 0.5) is 17.8 Å². The highest BCUT2D eigenvalue weighted by Crippen LogP contribution is 2.22. The van der Waals surface area contributed by atoms with Crippen LogP contribution in [0, 0.1) is 0 Å².